The van der Waals surface area contributed by atoms with E-state index in [4.69, 9.17) is 4.42 Å². The van der Waals surface area contributed by atoms with Crippen LogP contribution in [-0.2, 0) is 6.42 Å². The monoisotopic (exact) mass is 399 g/mol. The lowest BCUT2D eigenvalue weighted by atomic mass is 9.93. The minimum atomic E-state index is -0.138. The fourth-order valence-electron chi connectivity index (χ4n) is 4.19. The molecule has 2 aromatic carbocycles. The fraction of sp³-hybridized carbons (Fsp3) is 0.208. The topological polar surface area (TPSA) is 77.1 Å². The van der Waals surface area contributed by atoms with Gasteiger partial charge in [0.25, 0.3) is 11.5 Å². The first kappa shape index (κ1) is 18.4. The van der Waals surface area contributed by atoms with E-state index >= 15 is 0 Å². The van der Waals surface area contributed by atoms with Crippen LogP contribution in [0.25, 0.3) is 16.6 Å². The molecule has 1 atom stereocenters. The van der Waals surface area contributed by atoms with Gasteiger partial charge in [-0.25, -0.2) is 4.98 Å². The number of hydrogen-bond acceptors (Lipinski definition) is 4. The number of carbonyl (C=O) groups excluding carboxylic acids is 1. The summed E-state index contributed by atoms with van der Waals surface area (Å²) in [7, 11) is 0. The lowest BCUT2D eigenvalue weighted by molar-refractivity contribution is 0.0932. The average Bonchev–Trinajstić information content (AvgIpc) is 3.24. The highest BCUT2D eigenvalue weighted by molar-refractivity contribution is 5.94. The molecule has 6 heteroatoms. The van der Waals surface area contributed by atoms with E-state index in [0.29, 0.717) is 28.0 Å². The summed E-state index contributed by atoms with van der Waals surface area (Å²) in [5, 5.41) is 3.67. The van der Waals surface area contributed by atoms with Crippen LogP contribution in [0.3, 0.4) is 0 Å². The molecule has 0 spiro atoms. The molecule has 1 aliphatic carbocycles. The summed E-state index contributed by atoms with van der Waals surface area (Å²) in [4.78, 5) is 30.3. The van der Waals surface area contributed by atoms with Crippen molar-refractivity contribution in [3.63, 3.8) is 0 Å². The number of carbonyl (C=O) groups is 1. The third-order valence-corrected chi connectivity index (χ3v) is 5.69. The molecule has 0 saturated heterocycles. The van der Waals surface area contributed by atoms with Crippen LogP contribution in [0.1, 0.15) is 46.4 Å². The average molecular weight is 399 g/mol. The molecule has 5 rings (SSSR count). The third kappa shape index (κ3) is 3.10. The molecular formula is C24H21N3O3. The molecule has 0 fully saturated rings. The van der Waals surface area contributed by atoms with Gasteiger partial charge in [-0.3, -0.25) is 14.2 Å². The summed E-state index contributed by atoms with van der Waals surface area (Å²) in [6, 6.07) is 16.2. The van der Waals surface area contributed by atoms with Crippen LogP contribution in [0.15, 0.2) is 70.1 Å². The van der Waals surface area contributed by atoms with E-state index in [2.05, 4.69) is 10.3 Å². The molecule has 0 saturated carbocycles. The minimum Gasteiger partial charge on any atom is -0.469 e. The van der Waals surface area contributed by atoms with E-state index in [1.807, 2.05) is 24.3 Å². The lowest BCUT2D eigenvalue weighted by Gasteiger charge is -2.22. The van der Waals surface area contributed by atoms with Gasteiger partial charge >= 0.3 is 0 Å². The Hall–Kier alpha value is -3.67. The van der Waals surface area contributed by atoms with Gasteiger partial charge in [0.1, 0.15) is 11.6 Å². The van der Waals surface area contributed by atoms with Crippen molar-refractivity contribution in [3.8, 4) is 5.69 Å². The van der Waals surface area contributed by atoms with Crippen molar-refractivity contribution >= 4 is 16.8 Å². The standard InChI is InChI=1S/C24H21N3O3/c1-15-25-21-6-3-2-5-19(21)24(29)27(15)17-11-9-16(10-12-17)23(28)26-20-7-4-8-22-18(20)13-14-30-22/h2-3,5-6,9-14,20H,4,7-8H2,1H3,(H,26,28)/t20-/m1/s1. The van der Waals surface area contributed by atoms with E-state index in [9.17, 15) is 9.59 Å². The Kier molecular flexibility index (Phi) is 4.47. The van der Waals surface area contributed by atoms with E-state index in [1.54, 1.807) is 48.1 Å². The molecule has 2 heterocycles. The Morgan fingerprint density at radius 2 is 1.93 bits per heavy atom. The van der Waals surface area contributed by atoms with Crippen molar-refractivity contribution in [2.45, 2.75) is 32.2 Å². The molecular weight excluding hydrogens is 378 g/mol. The second-order valence-corrected chi connectivity index (χ2v) is 7.58. The van der Waals surface area contributed by atoms with Gasteiger partial charge in [-0.2, -0.15) is 0 Å². The summed E-state index contributed by atoms with van der Waals surface area (Å²) in [6.07, 6.45) is 4.48. The van der Waals surface area contributed by atoms with Crippen molar-refractivity contribution in [1.29, 1.82) is 0 Å². The van der Waals surface area contributed by atoms with Gasteiger partial charge in [-0.1, -0.05) is 12.1 Å². The molecule has 0 radical (unpaired) electrons. The minimum absolute atomic E-state index is 0.0331. The molecule has 0 bridgehead atoms. The Bertz CT molecular complexity index is 1300. The van der Waals surface area contributed by atoms with Gasteiger partial charge in [0, 0.05) is 17.5 Å². The normalized spacial score (nSPS) is 15.7. The number of rotatable bonds is 3. The SMILES string of the molecule is Cc1nc2ccccc2c(=O)n1-c1ccc(C(=O)N[C@@H]2CCCc3occc32)cc1. The maximum absolute atomic E-state index is 13.0. The Balaban J connectivity index is 1.42. The van der Waals surface area contributed by atoms with Gasteiger partial charge in [-0.05, 0) is 62.2 Å². The van der Waals surface area contributed by atoms with Crippen LogP contribution in [0.4, 0.5) is 0 Å². The summed E-state index contributed by atoms with van der Waals surface area (Å²) in [5.74, 6) is 1.42. The number of benzene rings is 2. The van der Waals surface area contributed by atoms with Crippen LogP contribution >= 0.6 is 0 Å². The van der Waals surface area contributed by atoms with Crippen LogP contribution in [0.2, 0.25) is 0 Å². The fourth-order valence-corrected chi connectivity index (χ4v) is 4.19. The number of aromatic nitrogens is 2. The summed E-state index contributed by atoms with van der Waals surface area (Å²) in [5.41, 5.74) is 2.86. The largest absolute Gasteiger partial charge is 0.469 e. The van der Waals surface area contributed by atoms with Crippen molar-refractivity contribution in [3.05, 3.63) is 93.9 Å². The van der Waals surface area contributed by atoms with Crippen LogP contribution in [0.5, 0.6) is 0 Å². The van der Waals surface area contributed by atoms with Gasteiger partial charge in [0.15, 0.2) is 0 Å². The lowest BCUT2D eigenvalue weighted by Crippen LogP contribution is -2.30. The second kappa shape index (κ2) is 7.30. The van der Waals surface area contributed by atoms with Gasteiger partial charge in [-0.15, -0.1) is 0 Å². The third-order valence-electron chi connectivity index (χ3n) is 5.69. The van der Waals surface area contributed by atoms with Crippen molar-refractivity contribution in [1.82, 2.24) is 14.9 Å². The predicted molar refractivity (Wildman–Crippen MR) is 114 cm³/mol. The van der Waals surface area contributed by atoms with Gasteiger partial charge < -0.3 is 9.73 Å². The molecule has 2 aromatic heterocycles. The summed E-state index contributed by atoms with van der Waals surface area (Å²) < 4.78 is 7.07. The number of amides is 1. The number of nitrogens with one attached hydrogen (secondary N) is 1. The molecule has 150 valence electrons. The second-order valence-electron chi connectivity index (χ2n) is 7.58. The zero-order chi connectivity index (χ0) is 20.7. The molecule has 0 unspecified atom stereocenters. The first-order valence-corrected chi connectivity index (χ1v) is 10.1. The smallest absolute Gasteiger partial charge is 0.265 e. The number of nitrogens with zero attached hydrogens (tertiary/aromatic N) is 2. The van der Waals surface area contributed by atoms with Crippen molar-refractivity contribution < 1.29 is 9.21 Å². The highest BCUT2D eigenvalue weighted by Gasteiger charge is 2.24. The number of para-hydroxylation sites is 1. The highest BCUT2D eigenvalue weighted by Crippen LogP contribution is 2.30. The maximum atomic E-state index is 13.0. The molecule has 6 nitrogen and oxygen atoms in total. The Morgan fingerprint density at radius 3 is 2.77 bits per heavy atom. The Labute approximate surface area is 173 Å². The zero-order valence-corrected chi connectivity index (χ0v) is 16.6. The van der Waals surface area contributed by atoms with E-state index in [1.165, 1.54) is 0 Å². The highest BCUT2D eigenvalue weighted by atomic mass is 16.3. The summed E-state index contributed by atoms with van der Waals surface area (Å²) >= 11 is 0. The van der Waals surface area contributed by atoms with E-state index in [-0.39, 0.29) is 17.5 Å². The maximum Gasteiger partial charge on any atom is 0.265 e. The number of fused-ring (bicyclic) bond motifs is 2. The quantitative estimate of drug-likeness (QED) is 0.563. The predicted octanol–water partition coefficient (Wildman–Crippen LogP) is 4.09. The molecule has 1 amide bonds. The summed E-state index contributed by atoms with van der Waals surface area (Å²) in [6.45, 7) is 1.81. The van der Waals surface area contributed by atoms with Crippen LogP contribution in [-0.4, -0.2) is 15.5 Å². The molecule has 0 aliphatic heterocycles. The van der Waals surface area contributed by atoms with Gasteiger partial charge in [0.05, 0.1) is 28.9 Å². The zero-order valence-electron chi connectivity index (χ0n) is 16.6. The molecule has 1 N–H and O–H groups in total. The Morgan fingerprint density at radius 1 is 1.13 bits per heavy atom. The van der Waals surface area contributed by atoms with Crippen LogP contribution < -0.4 is 10.9 Å². The van der Waals surface area contributed by atoms with E-state index in [0.717, 1.165) is 30.6 Å². The first-order chi connectivity index (χ1) is 14.6. The first-order valence-electron chi connectivity index (χ1n) is 10.1. The molecule has 1 aliphatic rings. The molecule has 4 aromatic rings. The van der Waals surface area contributed by atoms with Gasteiger partial charge in [0.2, 0.25) is 0 Å². The van der Waals surface area contributed by atoms with Crippen molar-refractivity contribution in [2.24, 2.45) is 0 Å². The number of furan rings is 1. The molecule has 30 heavy (non-hydrogen) atoms. The number of aryl methyl sites for hydroxylation is 2. The van der Waals surface area contributed by atoms with Crippen LogP contribution in [0, 0.1) is 6.92 Å². The van der Waals surface area contributed by atoms with E-state index < -0.39 is 0 Å². The van der Waals surface area contributed by atoms with Crippen molar-refractivity contribution in [2.75, 3.05) is 0 Å². The number of hydrogen-bond donors (Lipinski definition) is 1.